The molecule has 0 aromatic heterocycles. The van der Waals surface area contributed by atoms with E-state index >= 15 is 0 Å². The number of methoxy groups -OCH3 is 1. The van der Waals surface area contributed by atoms with E-state index in [1.807, 2.05) is 78.8 Å². The van der Waals surface area contributed by atoms with Gasteiger partial charge in [0, 0.05) is 7.05 Å². The normalized spacial score (nSPS) is 18.3. The molecule has 2 atom stereocenters. The van der Waals surface area contributed by atoms with Crippen LogP contribution in [0.3, 0.4) is 0 Å². The molecule has 1 aliphatic rings. The minimum atomic E-state index is -0.189. The Kier molecular flexibility index (Phi) is 5.29. The maximum Gasteiger partial charge on any atom is 0.166 e. The SMILES string of the molecule is CNc1ccccc1N1N=C(C=O)C(c2ccc(OC)cc2)C1c1ccccc1. The van der Waals surface area contributed by atoms with Gasteiger partial charge in [0.1, 0.15) is 11.5 Å². The number of hydrogen-bond acceptors (Lipinski definition) is 5. The number of hydrazone groups is 1. The highest BCUT2D eigenvalue weighted by Gasteiger charge is 2.40. The van der Waals surface area contributed by atoms with Gasteiger partial charge >= 0.3 is 0 Å². The zero-order chi connectivity index (χ0) is 20.2. The summed E-state index contributed by atoms with van der Waals surface area (Å²) in [4.78, 5) is 12.0. The molecular formula is C24H23N3O2. The van der Waals surface area contributed by atoms with Crippen molar-refractivity contribution in [3.8, 4) is 5.75 Å². The van der Waals surface area contributed by atoms with Crippen LogP contribution >= 0.6 is 0 Å². The first-order chi connectivity index (χ1) is 14.3. The second kappa shape index (κ2) is 8.19. The number of rotatable bonds is 6. The number of nitrogens with one attached hydrogen (secondary N) is 1. The Labute approximate surface area is 170 Å². The first-order valence-corrected chi connectivity index (χ1v) is 9.55. The molecule has 0 fully saturated rings. The van der Waals surface area contributed by atoms with E-state index in [2.05, 4.69) is 17.4 Å². The van der Waals surface area contributed by atoms with Crippen molar-refractivity contribution in [1.82, 2.24) is 0 Å². The molecule has 3 aromatic carbocycles. The highest BCUT2D eigenvalue weighted by Crippen LogP contribution is 2.46. The third-order valence-electron chi connectivity index (χ3n) is 5.28. The Morgan fingerprint density at radius 3 is 2.28 bits per heavy atom. The highest BCUT2D eigenvalue weighted by atomic mass is 16.5. The Bertz CT molecular complexity index is 1020. The molecule has 1 aliphatic heterocycles. The van der Waals surface area contributed by atoms with E-state index in [9.17, 15) is 4.79 Å². The Morgan fingerprint density at radius 1 is 0.931 bits per heavy atom. The summed E-state index contributed by atoms with van der Waals surface area (Å²) < 4.78 is 5.30. The summed E-state index contributed by atoms with van der Waals surface area (Å²) in [7, 11) is 3.53. The third kappa shape index (κ3) is 3.47. The quantitative estimate of drug-likeness (QED) is 0.628. The molecule has 3 aromatic rings. The van der Waals surface area contributed by atoms with Gasteiger partial charge < -0.3 is 10.1 Å². The molecular weight excluding hydrogens is 362 g/mol. The summed E-state index contributed by atoms with van der Waals surface area (Å²) >= 11 is 0. The van der Waals surface area contributed by atoms with Crippen LogP contribution in [-0.2, 0) is 4.79 Å². The predicted octanol–water partition coefficient (Wildman–Crippen LogP) is 4.64. The molecule has 29 heavy (non-hydrogen) atoms. The monoisotopic (exact) mass is 385 g/mol. The van der Waals surface area contributed by atoms with E-state index in [1.165, 1.54) is 0 Å². The molecule has 5 nitrogen and oxygen atoms in total. The lowest BCUT2D eigenvalue weighted by Crippen LogP contribution is -2.25. The van der Waals surface area contributed by atoms with E-state index in [1.54, 1.807) is 7.11 Å². The minimum absolute atomic E-state index is 0.140. The molecule has 0 saturated heterocycles. The number of aldehydes is 1. The molecule has 0 bridgehead atoms. The summed E-state index contributed by atoms with van der Waals surface area (Å²) in [6, 6.07) is 25.9. The maximum absolute atomic E-state index is 12.0. The van der Waals surface area contributed by atoms with Crippen LogP contribution in [0.15, 0.2) is 84.0 Å². The standard InChI is InChI=1S/C24H23N3O2/c1-25-20-10-6-7-11-22(20)27-24(18-8-4-3-5-9-18)23(21(16-28)26-27)17-12-14-19(29-2)15-13-17/h3-16,23-25H,1-2H3. The van der Waals surface area contributed by atoms with Crippen LogP contribution in [0.2, 0.25) is 0 Å². The van der Waals surface area contributed by atoms with Crippen LogP contribution in [0.1, 0.15) is 23.1 Å². The number of carbonyl (C=O) groups excluding carboxylic acids is 1. The van der Waals surface area contributed by atoms with E-state index in [4.69, 9.17) is 9.84 Å². The number of ether oxygens (including phenoxy) is 1. The van der Waals surface area contributed by atoms with Crippen molar-refractivity contribution in [3.05, 3.63) is 90.0 Å². The van der Waals surface area contributed by atoms with E-state index in [0.717, 1.165) is 34.5 Å². The first-order valence-electron chi connectivity index (χ1n) is 9.55. The number of benzene rings is 3. The van der Waals surface area contributed by atoms with E-state index < -0.39 is 0 Å². The molecule has 0 aliphatic carbocycles. The zero-order valence-electron chi connectivity index (χ0n) is 16.4. The molecule has 0 radical (unpaired) electrons. The lowest BCUT2D eigenvalue weighted by atomic mass is 9.84. The van der Waals surface area contributed by atoms with Gasteiger partial charge in [-0.25, -0.2) is 0 Å². The summed E-state index contributed by atoms with van der Waals surface area (Å²) in [5.74, 6) is 0.593. The van der Waals surface area contributed by atoms with Crippen LogP contribution in [0.4, 0.5) is 11.4 Å². The summed E-state index contributed by atoms with van der Waals surface area (Å²) in [6.45, 7) is 0. The average Bonchev–Trinajstić information content (AvgIpc) is 3.19. The molecule has 4 rings (SSSR count). The third-order valence-corrected chi connectivity index (χ3v) is 5.28. The largest absolute Gasteiger partial charge is 0.497 e. The van der Waals surface area contributed by atoms with Crippen molar-refractivity contribution in [1.29, 1.82) is 0 Å². The van der Waals surface area contributed by atoms with Crippen molar-refractivity contribution in [2.75, 3.05) is 24.5 Å². The fourth-order valence-corrected chi connectivity index (χ4v) is 3.89. The fourth-order valence-electron chi connectivity index (χ4n) is 3.89. The Morgan fingerprint density at radius 2 is 1.62 bits per heavy atom. The Hall–Kier alpha value is -3.60. The van der Waals surface area contributed by atoms with Gasteiger partial charge in [-0.15, -0.1) is 0 Å². The van der Waals surface area contributed by atoms with Gasteiger partial charge in [0.15, 0.2) is 6.29 Å². The fraction of sp³-hybridized carbons (Fsp3) is 0.167. The van der Waals surface area contributed by atoms with Gasteiger partial charge in [-0.3, -0.25) is 9.80 Å². The van der Waals surface area contributed by atoms with Crippen molar-refractivity contribution in [2.45, 2.75) is 12.0 Å². The zero-order valence-corrected chi connectivity index (χ0v) is 16.4. The van der Waals surface area contributed by atoms with Crippen LogP contribution in [0.5, 0.6) is 5.75 Å². The van der Waals surface area contributed by atoms with Crippen LogP contribution in [-0.4, -0.2) is 26.2 Å². The van der Waals surface area contributed by atoms with Crippen molar-refractivity contribution in [3.63, 3.8) is 0 Å². The Balaban J connectivity index is 1.87. The molecule has 0 saturated carbocycles. The summed E-state index contributed by atoms with van der Waals surface area (Å²) in [5.41, 5.74) is 4.52. The van der Waals surface area contributed by atoms with Gasteiger partial charge in [0.2, 0.25) is 0 Å². The minimum Gasteiger partial charge on any atom is -0.497 e. The molecule has 1 heterocycles. The second-order valence-corrected chi connectivity index (χ2v) is 6.86. The van der Waals surface area contributed by atoms with Gasteiger partial charge in [-0.05, 0) is 35.4 Å². The molecule has 1 N–H and O–H groups in total. The molecule has 146 valence electrons. The van der Waals surface area contributed by atoms with Gasteiger partial charge in [-0.1, -0.05) is 54.6 Å². The maximum atomic E-state index is 12.0. The highest BCUT2D eigenvalue weighted by molar-refractivity contribution is 6.32. The smallest absolute Gasteiger partial charge is 0.166 e. The number of nitrogens with zero attached hydrogens (tertiary/aromatic N) is 2. The lowest BCUT2D eigenvalue weighted by Gasteiger charge is -2.30. The topological polar surface area (TPSA) is 53.9 Å². The molecule has 0 spiro atoms. The summed E-state index contributed by atoms with van der Waals surface area (Å²) in [6.07, 6.45) is 0.868. The molecule has 0 amide bonds. The first kappa shape index (κ1) is 18.7. The molecule has 2 unspecified atom stereocenters. The number of para-hydroxylation sites is 2. The number of hydrogen-bond donors (Lipinski definition) is 1. The average molecular weight is 385 g/mol. The van der Waals surface area contributed by atoms with Gasteiger partial charge in [0.25, 0.3) is 0 Å². The predicted molar refractivity (Wildman–Crippen MR) is 117 cm³/mol. The van der Waals surface area contributed by atoms with Gasteiger partial charge in [-0.2, -0.15) is 5.10 Å². The van der Waals surface area contributed by atoms with E-state index in [-0.39, 0.29) is 12.0 Å². The second-order valence-electron chi connectivity index (χ2n) is 6.86. The van der Waals surface area contributed by atoms with Crippen molar-refractivity contribution >= 4 is 23.4 Å². The van der Waals surface area contributed by atoms with E-state index in [0.29, 0.717) is 5.71 Å². The van der Waals surface area contributed by atoms with Crippen molar-refractivity contribution < 1.29 is 9.53 Å². The number of carbonyl (C=O) groups is 1. The van der Waals surface area contributed by atoms with Crippen LogP contribution in [0.25, 0.3) is 0 Å². The van der Waals surface area contributed by atoms with Crippen molar-refractivity contribution in [2.24, 2.45) is 5.10 Å². The molecule has 5 heteroatoms. The number of anilines is 2. The van der Waals surface area contributed by atoms with Gasteiger partial charge in [0.05, 0.1) is 30.4 Å². The lowest BCUT2D eigenvalue weighted by molar-refractivity contribution is -0.102. The van der Waals surface area contributed by atoms with Crippen LogP contribution < -0.4 is 15.1 Å². The summed E-state index contributed by atoms with van der Waals surface area (Å²) in [5, 5.41) is 9.94. The van der Waals surface area contributed by atoms with Crippen LogP contribution in [0, 0.1) is 0 Å².